The van der Waals surface area contributed by atoms with Crippen LogP contribution in [0.25, 0.3) is 11.0 Å². The maximum Gasteiger partial charge on any atom is 0.201 e. The molecule has 2 aromatic rings. The van der Waals surface area contributed by atoms with Crippen molar-refractivity contribution in [2.45, 2.75) is 46.3 Å². The molecule has 1 aromatic carbocycles. The van der Waals surface area contributed by atoms with E-state index < -0.39 is 0 Å². The maximum atomic E-state index is 6.06. The van der Waals surface area contributed by atoms with Crippen LogP contribution in [-0.4, -0.2) is 33.1 Å². The molecule has 0 bridgehead atoms. The Labute approximate surface area is 129 Å². The molecule has 0 saturated carbocycles. The van der Waals surface area contributed by atoms with Crippen molar-refractivity contribution in [1.82, 2.24) is 14.5 Å². The monoisotopic (exact) mass is 338 g/mol. The van der Waals surface area contributed by atoms with Crippen LogP contribution in [0, 0.1) is 0 Å². The van der Waals surface area contributed by atoms with E-state index in [4.69, 9.17) is 5.73 Å². The van der Waals surface area contributed by atoms with Crippen LogP contribution in [0.5, 0.6) is 0 Å². The molecule has 0 atom stereocenters. The van der Waals surface area contributed by atoms with Gasteiger partial charge >= 0.3 is 0 Å². The quantitative estimate of drug-likeness (QED) is 0.907. The number of nitrogens with two attached hydrogens (primary N) is 1. The maximum absolute atomic E-state index is 6.06. The van der Waals surface area contributed by atoms with Crippen LogP contribution in [0.3, 0.4) is 0 Å². The number of fused-ring (bicyclic) bond motifs is 1. The second-order valence-electron chi connectivity index (χ2n) is 5.68. The fourth-order valence-corrected chi connectivity index (χ4v) is 3.03. The fourth-order valence-electron chi connectivity index (χ4n) is 2.68. The highest BCUT2D eigenvalue weighted by Crippen LogP contribution is 2.22. The molecule has 0 aliphatic heterocycles. The van der Waals surface area contributed by atoms with E-state index in [2.05, 4.69) is 64.1 Å². The van der Waals surface area contributed by atoms with Gasteiger partial charge in [-0.2, -0.15) is 0 Å². The van der Waals surface area contributed by atoms with Gasteiger partial charge in [-0.15, -0.1) is 0 Å². The Morgan fingerprint density at radius 2 is 1.90 bits per heavy atom. The average molecular weight is 339 g/mol. The van der Waals surface area contributed by atoms with Gasteiger partial charge in [-0.1, -0.05) is 15.9 Å². The van der Waals surface area contributed by atoms with Crippen LogP contribution in [0.2, 0.25) is 0 Å². The first-order valence-corrected chi connectivity index (χ1v) is 7.86. The highest BCUT2D eigenvalue weighted by Gasteiger charge is 2.15. The van der Waals surface area contributed by atoms with E-state index in [0.717, 1.165) is 28.6 Å². The normalized spacial score (nSPS) is 12.2. The summed E-state index contributed by atoms with van der Waals surface area (Å²) in [6, 6.07) is 7.12. The van der Waals surface area contributed by atoms with Gasteiger partial charge in [0.05, 0.1) is 11.0 Å². The lowest BCUT2D eigenvalue weighted by Gasteiger charge is -2.30. The van der Waals surface area contributed by atoms with Crippen LogP contribution < -0.4 is 5.73 Å². The summed E-state index contributed by atoms with van der Waals surface area (Å²) in [4.78, 5) is 6.88. The number of halogens is 1. The van der Waals surface area contributed by atoms with Crippen molar-refractivity contribution in [1.29, 1.82) is 0 Å². The van der Waals surface area contributed by atoms with Gasteiger partial charge < -0.3 is 10.3 Å². The summed E-state index contributed by atoms with van der Waals surface area (Å²) in [6.07, 6.45) is 0. The Morgan fingerprint density at radius 1 is 1.25 bits per heavy atom. The molecule has 0 saturated heterocycles. The van der Waals surface area contributed by atoms with Crippen molar-refractivity contribution in [2.75, 3.05) is 12.3 Å². The van der Waals surface area contributed by atoms with E-state index in [-0.39, 0.29) is 0 Å². The van der Waals surface area contributed by atoms with Crippen LogP contribution in [0.15, 0.2) is 22.7 Å². The van der Waals surface area contributed by atoms with Gasteiger partial charge in [-0.25, -0.2) is 4.98 Å². The molecule has 0 amide bonds. The van der Waals surface area contributed by atoms with E-state index in [1.165, 1.54) is 0 Å². The zero-order valence-corrected chi connectivity index (χ0v) is 14.2. The molecule has 1 aromatic heterocycles. The highest BCUT2D eigenvalue weighted by atomic mass is 79.9. The van der Waals surface area contributed by atoms with Crippen molar-refractivity contribution in [2.24, 2.45) is 0 Å². The number of benzene rings is 1. The Morgan fingerprint density at radius 3 is 2.50 bits per heavy atom. The lowest BCUT2D eigenvalue weighted by atomic mass is 10.2. The van der Waals surface area contributed by atoms with E-state index in [1.807, 2.05) is 12.1 Å². The predicted molar refractivity (Wildman–Crippen MR) is 88.8 cm³/mol. The summed E-state index contributed by atoms with van der Waals surface area (Å²) >= 11 is 3.51. The molecule has 0 aliphatic rings. The van der Waals surface area contributed by atoms with Gasteiger partial charge in [0.2, 0.25) is 5.95 Å². The summed E-state index contributed by atoms with van der Waals surface area (Å²) in [5.74, 6) is 0.588. The van der Waals surface area contributed by atoms with E-state index in [1.54, 1.807) is 0 Å². The number of imidazole rings is 1. The van der Waals surface area contributed by atoms with Crippen LogP contribution >= 0.6 is 15.9 Å². The fraction of sp³-hybridized carbons (Fsp3) is 0.533. The minimum atomic E-state index is 0.526. The molecule has 0 radical (unpaired) electrons. The molecule has 2 rings (SSSR count). The molecule has 20 heavy (non-hydrogen) atoms. The zero-order valence-electron chi connectivity index (χ0n) is 12.6. The van der Waals surface area contributed by atoms with Gasteiger partial charge in [0.25, 0.3) is 0 Å². The lowest BCUT2D eigenvalue weighted by molar-refractivity contribution is 0.169. The standard InChI is InChI=1S/C15H23BrN4/c1-10(2)19(11(3)4)7-8-20-14-9-12(16)5-6-13(14)18-15(20)17/h5-6,9-11H,7-8H2,1-4H3,(H2,17,18). The third kappa shape index (κ3) is 3.15. The van der Waals surface area contributed by atoms with Crippen LogP contribution in [-0.2, 0) is 6.54 Å². The lowest BCUT2D eigenvalue weighted by Crippen LogP contribution is -2.39. The highest BCUT2D eigenvalue weighted by molar-refractivity contribution is 9.10. The van der Waals surface area contributed by atoms with Gasteiger partial charge in [0.15, 0.2) is 0 Å². The Hall–Kier alpha value is -1.07. The van der Waals surface area contributed by atoms with Crippen molar-refractivity contribution in [3.05, 3.63) is 22.7 Å². The Balaban J connectivity index is 2.25. The van der Waals surface area contributed by atoms with Crippen molar-refractivity contribution in [3.8, 4) is 0 Å². The van der Waals surface area contributed by atoms with Gasteiger partial charge in [-0.05, 0) is 45.9 Å². The summed E-state index contributed by atoms with van der Waals surface area (Å²) < 4.78 is 3.15. The van der Waals surface area contributed by atoms with Crippen LogP contribution in [0.4, 0.5) is 5.95 Å². The first-order chi connectivity index (χ1) is 9.40. The third-order valence-corrected chi connectivity index (χ3v) is 4.14. The molecule has 5 heteroatoms. The number of nitrogens with zero attached hydrogens (tertiary/aromatic N) is 3. The molecule has 0 spiro atoms. The number of rotatable bonds is 5. The van der Waals surface area contributed by atoms with Crippen LogP contribution in [0.1, 0.15) is 27.7 Å². The predicted octanol–water partition coefficient (Wildman–Crippen LogP) is 3.50. The molecular weight excluding hydrogens is 316 g/mol. The first kappa shape index (κ1) is 15.3. The molecule has 110 valence electrons. The van der Waals surface area contributed by atoms with Gasteiger partial charge in [-0.3, -0.25) is 4.90 Å². The number of hydrogen-bond donors (Lipinski definition) is 1. The molecule has 1 heterocycles. The minimum absolute atomic E-state index is 0.526. The summed E-state index contributed by atoms with van der Waals surface area (Å²) in [6.45, 7) is 10.7. The first-order valence-electron chi connectivity index (χ1n) is 7.07. The minimum Gasteiger partial charge on any atom is -0.369 e. The third-order valence-electron chi connectivity index (χ3n) is 3.65. The second kappa shape index (κ2) is 6.14. The molecule has 0 unspecified atom stereocenters. The topological polar surface area (TPSA) is 47.1 Å². The van der Waals surface area contributed by atoms with Crippen molar-refractivity contribution < 1.29 is 0 Å². The van der Waals surface area contributed by atoms with Crippen molar-refractivity contribution >= 4 is 32.9 Å². The Kier molecular flexibility index (Phi) is 4.70. The second-order valence-corrected chi connectivity index (χ2v) is 6.60. The molecule has 4 nitrogen and oxygen atoms in total. The molecule has 0 fully saturated rings. The molecule has 2 N–H and O–H groups in total. The van der Waals surface area contributed by atoms with E-state index in [0.29, 0.717) is 18.0 Å². The summed E-state index contributed by atoms with van der Waals surface area (Å²) in [5, 5.41) is 0. The molecular formula is C15H23BrN4. The Bertz CT molecular complexity index is 581. The number of nitrogen functional groups attached to an aromatic ring is 1. The zero-order chi connectivity index (χ0) is 14.9. The SMILES string of the molecule is CC(C)N(CCn1c(N)nc2ccc(Br)cc21)C(C)C. The van der Waals surface area contributed by atoms with Crippen molar-refractivity contribution in [3.63, 3.8) is 0 Å². The largest absolute Gasteiger partial charge is 0.369 e. The number of hydrogen-bond acceptors (Lipinski definition) is 3. The molecule has 0 aliphatic carbocycles. The van der Waals surface area contributed by atoms with Gasteiger partial charge in [0.1, 0.15) is 0 Å². The number of aromatic nitrogens is 2. The average Bonchev–Trinajstić information content (AvgIpc) is 2.65. The summed E-state index contributed by atoms with van der Waals surface area (Å²) in [5.41, 5.74) is 8.10. The number of anilines is 1. The smallest absolute Gasteiger partial charge is 0.201 e. The van der Waals surface area contributed by atoms with E-state index >= 15 is 0 Å². The summed E-state index contributed by atoms with van der Waals surface area (Å²) in [7, 11) is 0. The van der Waals surface area contributed by atoms with Gasteiger partial charge in [0, 0.05) is 29.6 Å². The van der Waals surface area contributed by atoms with E-state index in [9.17, 15) is 0 Å².